The number of hydrogen-bond acceptors (Lipinski definition) is 4. The van der Waals surface area contributed by atoms with Gasteiger partial charge >= 0.3 is 0 Å². The van der Waals surface area contributed by atoms with Crippen LogP contribution < -0.4 is 20.9 Å². The van der Waals surface area contributed by atoms with E-state index in [0.717, 1.165) is 11.3 Å². The van der Waals surface area contributed by atoms with Crippen molar-refractivity contribution in [2.45, 2.75) is 27.3 Å². The van der Waals surface area contributed by atoms with E-state index in [4.69, 9.17) is 4.74 Å². The summed E-state index contributed by atoms with van der Waals surface area (Å²) >= 11 is 0. The molecule has 0 atom stereocenters. The maximum absolute atomic E-state index is 12.1. The van der Waals surface area contributed by atoms with E-state index in [0.29, 0.717) is 23.5 Å². The molecule has 0 saturated heterocycles. The highest BCUT2D eigenvalue weighted by molar-refractivity contribution is 5.96. The number of nitrogens with one attached hydrogen (secondary N) is 3. The third-order valence-corrected chi connectivity index (χ3v) is 3.79. The van der Waals surface area contributed by atoms with E-state index in [1.54, 1.807) is 31.2 Å². The number of aryl methyl sites for hydroxylation is 2. The second-order valence-electron chi connectivity index (χ2n) is 5.86. The monoisotopic (exact) mass is 357 g/mol. The summed E-state index contributed by atoms with van der Waals surface area (Å²) in [6.45, 7) is 5.98. The van der Waals surface area contributed by atoms with E-state index < -0.39 is 0 Å². The van der Waals surface area contributed by atoms with E-state index in [1.165, 1.54) is 0 Å². The molecule has 2 rings (SSSR count). The Balaban J connectivity index is 1.85. The maximum atomic E-state index is 12.1. The molecule has 2 amide bonds. The first kappa shape index (κ1) is 19.2. The number of rotatable bonds is 7. The Bertz CT molecular complexity index is 841. The molecule has 0 aliphatic heterocycles. The number of aromatic amines is 1. The number of carbonyl (C=O) groups excluding carboxylic acids is 2. The SMILES string of the molecule is CCOc1ccc(C(=O)NCC(=O)NCc2c(C)cc(C)[nH]c2=O)cc1. The van der Waals surface area contributed by atoms with Gasteiger partial charge < -0.3 is 20.4 Å². The molecule has 7 nitrogen and oxygen atoms in total. The molecule has 7 heteroatoms. The summed E-state index contributed by atoms with van der Waals surface area (Å²) in [7, 11) is 0. The van der Waals surface area contributed by atoms with Crippen LogP contribution in [0.1, 0.15) is 34.1 Å². The molecule has 0 spiro atoms. The van der Waals surface area contributed by atoms with Gasteiger partial charge in [-0.25, -0.2) is 0 Å². The van der Waals surface area contributed by atoms with Crippen molar-refractivity contribution in [3.8, 4) is 5.75 Å². The average Bonchev–Trinajstić information content (AvgIpc) is 2.59. The zero-order chi connectivity index (χ0) is 19.1. The Kier molecular flexibility index (Phi) is 6.54. The molecule has 0 bridgehead atoms. The summed E-state index contributed by atoms with van der Waals surface area (Å²) < 4.78 is 5.32. The Morgan fingerprint density at radius 3 is 2.42 bits per heavy atom. The van der Waals surface area contributed by atoms with Crippen molar-refractivity contribution in [2.75, 3.05) is 13.2 Å². The average molecular weight is 357 g/mol. The molecule has 3 N–H and O–H groups in total. The minimum atomic E-state index is -0.372. The van der Waals surface area contributed by atoms with E-state index >= 15 is 0 Å². The van der Waals surface area contributed by atoms with Gasteiger partial charge in [-0.15, -0.1) is 0 Å². The van der Waals surface area contributed by atoms with Gasteiger partial charge in [0, 0.05) is 23.4 Å². The van der Waals surface area contributed by atoms with Crippen LogP contribution in [-0.4, -0.2) is 29.9 Å². The highest BCUT2D eigenvalue weighted by atomic mass is 16.5. The van der Waals surface area contributed by atoms with Crippen LogP contribution >= 0.6 is 0 Å². The van der Waals surface area contributed by atoms with Crippen molar-refractivity contribution in [2.24, 2.45) is 0 Å². The van der Waals surface area contributed by atoms with Gasteiger partial charge in [0.1, 0.15) is 5.75 Å². The summed E-state index contributed by atoms with van der Waals surface area (Å²) in [5.41, 5.74) is 2.30. The molecule has 0 fully saturated rings. The number of ether oxygens (including phenoxy) is 1. The fourth-order valence-corrected chi connectivity index (χ4v) is 2.48. The number of pyridine rings is 1. The molecule has 26 heavy (non-hydrogen) atoms. The van der Waals surface area contributed by atoms with Crippen molar-refractivity contribution in [3.05, 3.63) is 63.1 Å². The van der Waals surface area contributed by atoms with Crippen LogP contribution in [0.5, 0.6) is 5.75 Å². The van der Waals surface area contributed by atoms with Crippen molar-refractivity contribution in [1.82, 2.24) is 15.6 Å². The van der Waals surface area contributed by atoms with Gasteiger partial charge in [0.15, 0.2) is 0 Å². The van der Waals surface area contributed by atoms with Crippen molar-refractivity contribution >= 4 is 11.8 Å². The van der Waals surface area contributed by atoms with Gasteiger partial charge in [-0.1, -0.05) is 0 Å². The standard InChI is InChI=1S/C19H23N3O4/c1-4-26-15-7-5-14(6-8-15)18(24)21-11-17(23)20-10-16-12(2)9-13(3)22-19(16)25/h5-9H,4,10-11H2,1-3H3,(H,20,23)(H,21,24)(H,22,25). The van der Waals surface area contributed by atoms with Gasteiger partial charge in [-0.2, -0.15) is 0 Å². The van der Waals surface area contributed by atoms with Crippen LogP contribution in [0.15, 0.2) is 35.1 Å². The zero-order valence-corrected chi connectivity index (χ0v) is 15.1. The Morgan fingerprint density at radius 1 is 1.12 bits per heavy atom. The number of aromatic nitrogens is 1. The summed E-state index contributed by atoms with van der Waals surface area (Å²) in [5, 5.41) is 5.19. The lowest BCUT2D eigenvalue weighted by Gasteiger charge is -2.09. The Labute approximate surface area is 151 Å². The summed E-state index contributed by atoms with van der Waals surface area (Å²) in [4.78, 5) is 38.6. The minimum Gasteiger partial charge on any atom is -0.494 e. The first-order valence-corrected chi connectivity index (χ1v) is 8.38. The normalized spacial score (nSPS) is 10.3. The van der Waals surface area contributed by atoms with Crippen molar-refractivity contribution in [1.29, 1.82) is 0 Å². The van der Waals surface area contributed by atoms with Crippen LogP contribution in [0.4, 0.5) is 0 Å². The first-order valence-electron chi connectivity index (χ1n) is 8.38. The lowest BCUT2D eigenvalue weighted by molar-refractivity contribution is -0.120. The molecule has 1 aromatic heterocycles. The lowest BCUT2D eigenvalue weighted by Crippen LogP contribution is -2.37. The van der Waals surface area contributed by atoms with E-state index in [-0.39, 0.29) is 30.5 Å². The van der Waals surface area contributed by atoms with Crippen molar-refractivity contribution < 1.29 is 14.3 Å². The molecule has 138 valence electrons. The third-order valence-electron chi connectivity index (χ3n) is 3.79. The van der Waals surface area contributed by atoms with Gasteiger partial charge in [-0.05, 0) is 56.7 Å². The predicted octanol–water partition coefficient (Wildman–Crippen LogP) is 1.44. The topological polar surface area (TPSA) is 100 Å². The molecule has 0 radical (unpaired) electrons. The molecule has 0 aliphatic carbocycles. The van der Waals surface area contributed by atoms with Crippen LogP contribution in [0.2, 0.25) is 0 Å². The smallest absolute Gasteiger partial charge is 0.253 e. The summed E-state index contributed by atoms with van der Waals surface area (Å²) in [5.74, 6) is -0.0447. The van der Waals surface area contributed by atoms with Crippen LogP contribution in [-0.2, 0) is 11.3 Å². The van der Waals surface area contributed by atoms with Crippen molar-refractivity contribution in [3.63, 3.8) is 0 Å². The highest BCUT2D eigenvalue weighted by Crippen LogP contribution is 2.11. The molecule has 1 heterocycles. The first-order chi connectivity index (χ1) is 12.4. The zero-order valence-electron chi connectivity index (χ0n) is 15.1. The second-order valence-corrected chi connectivity index (χ2v) is 5.86. The van der Waals surface area contributed by atoms with Crippen LogP contribution in [0.3, 0.4) is 0 Å². The molecule has 1 aromatic carbocycles. The lowest BCUT2D eigenvalue weighted by atomic mass is 10.1. The summed E-state index contributed by atoms with van der Waals surface area (Å²) in [6, 6.07) is 8.51. The molecule has 0 unspecified atom stereocenters. The molecule has 0 aliphatic rings. The maximum Gasteiger partial charge on any atom is 0.253 e. The largest absolute Gasteiger partial charge is 0.494 e. The van der Waals surface area contributed by atoms with E-state index in [1.807, 2.05) is 19.9 Å². The fraction of sp³-hybridized carbons (Fsp3) is 0.316. The number of carbonyl (C=O) groups is 2. The van der Waals surface area contributed by atoms with Gasteiger partial charge in [0.25, 0.3) is 11.5 Å². The van der Waals surface area contributed by atoms with Gasteiger partial charge in [0.05, 0.1) is 13.2 Å². The Morgan fingerprint density at radius 2 is 1.81 bits per heavy atom. The quantitative estimate of drug-likeness (QED) is 0.698. The molecule has 2 aromatic rings. The number of amides is 2. The fourth-order valence-electron chi connectivity index (χ4n) is 2.48. The van der Waals surface area contributed by atoms with Gasteiger partial charge in [-0.3, -0.25) is 14.4 Å². The highest BCUT2D eigenvalue weighted by Gasteiger charge is 2.10. The number of hydrogen-bond donors (Lipinski definition) is 3. The Hall–Kier alpha value is -3.09. The van der Waals surface area contributed by atoms with Crippen LogP contribution in [0, 0.1) is 13.8 Å². The van der Waals surface area contributed by atoms with E-state index in [2.05, 4.69) is 15.6 Å². The third kappa shape index (κ3) is 5.20. The number of H-pyrrole nitrogens is 1. The minimum absolute atomic E-state index is 0.110. The van der Waals surface area contributed by atoms with Gasteiger partial charge in [0.2, 0.25) is 5.91 Å². The molecular weight excluding hydrogens is 334 g/mol. The second kappa shape index (κ2) is 8.84. The van der Waals surface area contributed by atoms with E-state index in [9.17, 15) is 14.4 Å². The molecular formula is C19H23N3O4. The number of benzene rings is 1. The summed E-state index contributed by atoms with van der Waals surface area (Å²) in [6.07, 6.45) is 0. The van der Waals surface area contributed by atoms with Crippen LogP contribution in [0.25, 0.3) is 0 Å². The molecule has 0 saturated carbocycles. The predicted molar refractivity (Wildman–Crippen MR) is 98.3 cm³/mol.